The molecule has 0 aromatic heterocycles. The second kappa shape index (κ2) is 6.83. The molecule has 0 heterocycles. The quantitative estimate of drug-likeness (QED) is 0.884. The van der Waals surface area contributed by atoms with E-state index in [4.69, 9.17) is 9.47 Å². The summed E-state index contributed by atoms with van der Waals surface area (Å²) in [5.41, 5.74) is 4.54. The average molecular weight is 327 g/mol. The number of hydrogen-bond donors (Lipinski definition) is 2. The number of aliphatic hydroxyl groups excluding tert-OH is 1. The van der Waals surface area contributed by atoms with Crippen molar-refractivity contribution >= 4 is 0 Å². The maximum Gasteiger partial charge on any atom is 0.161 e. The lowest BCUT2D eigenvalue weighted by atomic mass is 10.00. The maximum absolute atomic E-state index is 10.6. The number of benzene rings is 2. The lowest BCUT2D eigenvalue weighted by molar-refractivity contribution is 0.136. The van der Waals surface area contributed by atoms with Crippen LogP contribution in [0.1, 0.15) is 41.3 Å². The largest absolute Gasteiger partial charge is 0.493 e. The summed E-state index contributed by atoms with van der Waals surface area (Å²) in [5.74, 6) is 1.46. The van der Waals surface area contributed by atoms with Crippen LogP contribution in [-0.4, -0.2) is 25.4 Å². The van der Waals surface area contributed by atoms with Crippen LogP contribution in [0.15, 0.2) is 36.4 Å². The molecule has 128 valence electrons. The van der Waals surface area contributed by atoms with Gasteiger partial charge in [0.15, 0.2) is 11.5 Å². The third kappa shape index (κ3) is 2.99. The monoisotopic (exact) mass is 327 g/mol. The molecule has 0 aliphatic heterocycles. The molecule has 3 unspecified atom stereocenters. The van der Waals surface area contributed by atoms with Crippen molar-refractivity contribution in [2.45, 2.75) is 38.5 Å². The molecule has 0 saturated heterocycles. The predicted molar refractivity (Wildman–Crippen MR) is 94.7 cm³/mol. The molecule has 1 aliphatic carbocycles. The lowest BCUT2D eigenvalue weighted by Crippen LogP contribution is -2.35. The zero-order valence-corrected chi connectivity index (χ0v) is 14.7. The zero-order valence-electron chi connectivity index (χ0n) is 14.7. The van der Waals surface area contributed by atoms with Gasteiger partial charge in [-0.05, 0) is 54.7 Å². The second-order valence-corrected chi connectivity index (χ2v) is 6.41. The van der Waals surface area contributed by atoms with E-state index in [9.17, 15) is 5.11 Å². The van der Waals surface area contributed by atoms with Crippen LogP contribution >= 0.6 is 0 Å². The Morgan fingerprint density at radius 1 is 1.12 bits per heavy atom. The summed E-state index contributed by atoms with van der Waals surface area (Å²) in [6.45, 7) is 4.18. The minimum absolute atomic E-state index is 0.0184. The molecule has 2 aromatic carbocycles. The lowest BCUT2D eigenvalue weighted by Gasteiger charge is -2.24. The minimum atomic E-state index is -0.468. The molecule has 3 rings (SSSR count). The van der Waals surface area contributed by atoms with Gasteiger partial charge in [0.1, 0.15) is 0 Å². The van der Waals surface area contributed by atoms with Crippen LogP contribution in [-0.2, 0) is 6.42 Å². The molecule has 1 aliphatic rings. The topological polar surface area (TPSA) is 50.7 Å². The number of ether oxygens (including phenoxy) is 2. The summed E-state index contributed by atoms with van der Waals surface area (Å²) >= 11 is 0. The van der Waals surface area contributed by atoms with Crippen molar-refractivity contribution in [3.8, 4) is 11.5 Å². The molecule has 2 N–H and O–H groups in total. The van der Waals surface area contributed by atoms with Gasteiger partial charge < -0.3 is 19.9 Å². The minimum Gasteiger partial charge on any atom is -0.493 e. The molecule has 0 bridgehead atoms. The number of rotatable bonds is 5. The van der Waals surface area contributed by atoms with Crippen LogP contribution in [0.4, 0.5) is 0 Å². The molecule has 0 fully saturated rings. The molecule has 4 heteroatoms. The fourth-order valence-electron chi connectivity index (χ4n) is 3.60. The van der Waals surface area contributed by atoms with E-state index in [1.54, 1.807) is 14.2 Å². The van der Waals surface area contributed by atoms with Crippen LogP contribution in [0.3, 0.4) is 0 Å². The van der Waals surface area contributed by atoms with Gasteiger partial charge in [-0.25, -0.2) is 0 Å². The maximum atomic E-state index is 10.6. The highest BCUT2D eigenvalue weighted by atomic mass is 16.5. The molecular weight excluding hydrogens is 302 g/mol. The summed E-state index contributed by atoms with van der Waals surface area (Å²) in [6.07, 6.45) is 0.373. The highest BCUT2D eigenvalue weighted by molar-refractivity contribution is 5.48. The van der Waals surface area contributed by atoms with Crippen molar-refractivity contribution in [2.75, 3.05) is 14.2 Å². The smallest absolute Gasteiger partial charge is 0.161 e. The van der Waals surface area contributed by atoms with Crippen LogP contribution in [0.5, 0.6) is 11.5 Å². The van der Waals surface area contributed by atoms with E-state index in [1.165, 1.54) is 5.56 Å². The molecule has 0 amide bonds. The van der Waals surface area contributed by atoms with Gasteiger partial charge in [-0.3, -0.25) is 0 Å². The number of nitrogens with one attached hydrogen (secondary N) is 1. The molecule has 2 aromatic rings. The highest BCUT2D eigenvalue weighted by Crippen LogP contribution is 2.35. The van der Waals surface area contributed by atoms with Crippen LogP contribution in [0.25, 0.3) is 0 Å². The summed E-state index contributed by atoms with van der Waals surface area (Å²) in [5, 5.41) is 14.2. The van der Waals surface area contributed by atoms with Gasteiger partial charge in [0, 0.05) is 12.1 Å². The number of methoxy groups -OCH3 is 2. The Morgan fingerprint density at radius 3 is 2.46 bits per heavy atom. The third-order valence-electron chi connectivity index (χ3n) is 4.90. The SMILES string of the molecule is COc1cc(C)c(C(C)NC2Cc3ccccc3C2O)cc1OC. The first-order valence-corrected chi connectivity index (χ1v) is 8.29. The molecule has 3 atom stereocenters. The van der Waals surface area contributed by atoms with E-state index in [0.717, 1.165) is 34.6 Å². The van der Waals surface area contributed by atoms with Gasteiger partial charge in [-0.1, -0.05) is 24.3 Å². The normalized spacial score (nSPS) is 20.5. The van der Waals surface area contributed by atoms with Crippen molar-refractivity contribution in [3.05, 3.63) is 58.7 Å². The van der Waals surface area contributed by atoms with Gasteiger partial charge in [0.2, 0.25) is 0 Å². The van der Waals surface area contributed by atoms with E-state index < -0.39 is 6.10 Å². The third-order valence-corrected chi connectivity index (χ3v) is 4.90. The van der Waals surface area contributed by atoms with Crippen LogP contribution < -0.4 is 14.8 Å². The first-order chi connectivity index (χ1) is 11.5. The molecule has 4 nitrogen and oxygen atoms in total. The summed E-state index contributed by atoms with van der Waals surface area (Å²) in [6, 6.07) is 12.2. The van der Waals surface area contributed by atoms with Crippen LogP contribution in [0, 0.1) is 6.92 Å². The Hall–Kier alpha value is -2.04. The zero-order chi connectivity index (χ0) is 17.3. The van der Waals surface area contributed by atoms with Crippen molar-refractivity contribution in [1.82, 2.24) is 5.32 Å². The van der Waals surface area contributed by atoms with Crippen molar-refractivity contribution in [1.29, 1.82) is 0 Å². The molecular formula is C20H25NO3. The Kier molecular flexibility index (Phi) is 4.78. The molecule has 24 heavy (non-hydrogen) atoms. The number of aryl methyl sites for hydroxylation is 1. The fraction of sp³-hybridized carbons (Fsp3) is 0.400. The fourth-order valence-corrected chi connectivity index (χ4v) is 3.60. The Bertz CT molecular complexity index is 729. The number of hydrogen-bond acceptors (Lipinski definition) is 4. The molecule has 0 radical (unpaired) electrons. The van der Waals surface area contributed by atoms with Gasteiger partial charge in [0.05, 0.1) is 20.3 Å². The van der Waals surface area contributed by atoms with E-state index >= 15 is 0 Å². The van der Waals surface area contributed by atoms with Crippen molar-refractivity contribution < 1.29 is 14.6 Å². The molecule has 0 spiro atoms. The van der Waals surface area contributed by atoms with E-state index in [-0.39, 0.29) is 12.1 Å². The summed E-state index contributed by atoms with van der Waals surface area (Å²) < 4.78 is 10.8. The standard InChI is InChI=1S/C20H25NO3/c1-12-9-18(23-3)19(24-4)11-16(12)13(2)21-17-10-14-7-5-6-8-15(14)20(17)22/h5-9,11,13,17,20-22H,10H2,1-4H3. The molecule has 0 saturated carbocycles. The van der Waals surface area contributed by atoms with Crippen molar-refractivity contribution in [3.63, 3.8) is 0 Å². The number of fused-ring (bicyclic) bond motifs is 1. The number of aliphatic hydroxyl groups is 1. The van der Waals surface area contributed by atoms with Crippen molar-refractivity contribution in [2.24, 2.45) is 0 Å². The predicted octanol–water partition coefficient (Wildman–Crippen LogP) is 3.32. The Morgan fingerprint density at radius 2 is 1.79 bits per heavy atom. The van der Waals surface area contributed by atoms with Crippen LogP contribution in [0.2, 0.25) is 0 Å². The van der Waals surface area contributed by atoms with Gasteiger partial charge >= 0.3 is 0 Å². The first-order valence-electron chi connectivity index (χ1n) is 8.29. The van der Waals surface area contributed by atoms with Gasteiger partial charge in [-0.2, -0.15) is 0 Å². The van der Waals surface area contributed by atoms with Gasteiger partial charge in [-0.15, -0.1) is 0 Å². The summed E-state index contributed by atoms with van der Waals surface area (Å²) in [7, 11) is 3.29. The Balaban J connectivity index is 1.80. The van der Waals surface area contributed by atoms with E-state index in [0.29, 0.717) is 0 Å². The van der Waals surface area contributed by atoms with E-state index in [2.05, 4.69) is 25.2 Å². The van der Waals surface area contributed by atoms with Gasteiger partial charge in [0.25, 0.3) is 0 Å². The average Bonchev–Trinajstić information content (AvgIpc) is 2.90. The summed E-state index contributed by atoms with van der Waals surface area (Å²) in [4.78, 5) is 0. The highest BCUT2D eigenvalue weighted by Gasteiger charge is 2.31. The second-order valence-electron chi connectivity index (χ2n) is 6.41. The Labute approximate surface area is 143 Å². The first kappa shape index (κ1) is 16.8. The van der Waals surface area contributed by atoms with E-state index in [1.807, 2.05) is 30.3 Å².